The van der Waals surface area contributed by atoms with Gasteiger partial charge in [0, 0.05) is 27.2 Å². The van der Waals surface area contributed by atoms with E-state index in [1.54, 1.807) is 0 Å². The average molecular weight is 488 g/mol. The Hall–Kier alpha value is -1.02. The van der Waals surface area contributed by atoms with E-state index in [2.05, 4.69) is 46.2 Å². The molecule has 0 atom stereocenters. The van der Waals surface area contributed by atoms with Gasteiger partial charge in [-0.15, -0.1) is 24.0 Å². The Kier molecular flexibility index (Phi) is 11.7. The van der Waals surface area contributed by atoms with Crippen molar-refractivity contribution in [3.63, 3.8) is 0 Å². The van der Waals surface area contributed by atoms with Crippen molar-refractivity contribution in [2.75, 3.05) is 46.9 Å². The molecular weight excluding hydrogens is 451 g/mol. The molecular formula is C21H37IN4O. The molecule has 1 saturated heterocycles. The summed E-state index contributed by atoms with van der Waals surface area (Å²) in [7, 11) is 3.95. The molecule has 1 heterocycles. The molecule has 0 unspecified atom stereocenters. The Labute approximate surface area is 182 Å². The SMILES string of the molecule is CCCN1CCC(CNC(=NC)N(C)Cc2ccc(OCC)cc2)CC1.I. The minimum Gasteiger partial charge on any atom is -0.494 e. The van der Waals surface area contributed by atoms with E-state index in [-0.39, 0.29) is 24.0 Å². The molecule has 1 aromatic rings. The van der Waals surface area contributed by atoms with Crippen LogP contribution in [0.5, 0.6) is 5.75 Å². The minimum atomic E-state index is 0. The van der Waals surface area contributed by atoms with Crippen molar-refractivity contribution in [2.24, 2.45) is 10.9 Å². The van der Waals surface area contributed by atoms with Gasteiger partial charge in [0.05, 0.1) is 6.61 Å². The summed E-state index contributed by atoms with van der Waals surface area (Å²) < 4.78 is 5.51. The monoisotopic (exact) mass is 488 g/mol. The first kappa shape index (κ1) is 24.0. The summed E-state index contributed by atoms with van der Waals surface area (Å²) in [6.07, 6.45) is 3.82. The zero-order valence-electron chi connectivity index (χ0n) is 17.4. The minimum absolute atomic E-state index is 0. The summed E-state index contributed by atoms with van der Waals surface area (Å²) >= 11 is 0. The molecule has 6 heteroatoms. The van der Waals surface area contributed by atoms with Crippen LogP contribution in [-0.4, -0.2) is 62.6 Å². The Morgan fingerprint density at radius 2 is 1.89 bits per heavy atom. The maximum atomic E-state index is 5.51. The number of aliphatic imine (C=N–C) groups is 1. The van der Waals surface area contributed by atoms with Crippen LogP contribution in [0.2, 0.25) is 0 Å². The predicted octanol–water partition coefficient (Wildman–Crippen LogP) is 3.83. The van der Waals surface area contributed by atoms with Gasteiger partial charge in [-0.3, -0.25) is 4.99 Å². The first-order valence-electron chi connectivity index (χ1n) is 10.0. The Bertz CT molecular complexity index is 542. The smallest absolute Gasteiger partial charge is 0.193 e. The molecule has 0 spiro atoms. The number of likely N-dealkylation sites (tertiary alicyclic amines) is 1. The van der Waals surface area contributed by atoms with Crippen LogP contribution in [0.4, 0.5) is 0 Å². The van der Waals surface area contributed by atoms with Crippen LogP contribution < -0.4 is 10.1 Å². The van der Waals surface area contributed by atoms with Crippen LogP contribution in [0.15, 0.2) is 29.3 Å². The fourth-order valence-corrected chi connectivity index (χ4v) is 3.56. The highest BCUT2D eigenvalue weighted by atomic mass is 127. The molecule has 0 saturated carbocycles. The molecule has 1 fully saturated rings. The van der Waals surface area contributed by atoms with Gasteiger partial charge >= 0.3 is 0 Å². The van der Waals surface area contributed by atoms with Crippen molar-refractivity contribution in [3.8, 4) is 5.75 Å². The third-order valence-electron chi connectivity index (χ3n) is 5.02. The number of rotatable bonds is 8. The lowest BCUT2D eigenvalue weighted by Gasteiger charge is -2.32. The molecule has 2 rings (SSSR count). The lowest BCUT2D eigenvalue weighted by atomic mass is 9.97. The van der Waals surface area contributed by atoms with Gasteiger partial charge in [-0.25, -0.2) is 0 Å². The maximum Gasteiger partial charge on any atom is 0.193 e. The van der Waals surface area contributed by atoms with E-state index in [4.69, 9.17) is 4.74 Å². The normalized spacial score (nSPS) is 15.9. The molecule has 0 radical (unpaired) electrons. The second-order valence-corrected chi connectivity index (χ2v) is 7.15. The Morgan fingerprint density at radius 1 is 1.22 bits per heavy atom. The summed E-state index contributed by atoms with van der Waals surface area (Å²) in [5.74, 6) is 2.64. The van der Waals surface area contributed by atoms with Gasteiger partial charge in [-0.1, -0.05) is 19.1 Å². The maximum absolute atomic E-state index is 5.51. The van der Waals surface area contributed by atoms with E-state index in [1.165, 1.54) is 44.5 Å². The van der Waals surface area contributed by atoms with Crippen molar-refractivity contribution in [1.29, 1.82) is 0 Å². The number of benzene rings is 1. The molecule has 27 heavy (non-hydrogen) atoms. The first-order chi connectivity index (χ1) is 12.7. The van der Waals surface area contributed by atoms with Crippen LogP contribution >= 0.6 is 24.0 Å². The molecule has 1 aliphatic rings. The van der Waals surface area contributed by atoms with Crippen molar-refractivity contribution in [2.45, 2.75) is 39.7 Å². The highest BCUT2D eigenvalue weighted by Gasteiger charge is 2.19. The van der Waals surface area contributed by atoms with Crippen molar-refractivity contribution < 1.29 is 4.74 Å². The second-order valence-electron chi connectivity index (χ2n) is 7.15. The predicted molar refractivity (Wildman–Crippen MR) is 125 cm³/mol. The highest BCUT2D eigenvalue weighted by molar-refractivity contribution is 14.0. The van der Waals surface area contributed by atoms with Crippen molar-refractivity contribution in [3.05, 3.63) is 29.8 Å². The standard InChI is InChI=1S/C21H36N4O.HI/c1-5-13-25-14-11-18(12-15-25)16-23-21(22-3)24(4)17-19-7-9-20(10-8-19)26-6-2;/h7-10,18H,5-6,11-17H2,1-4H3,(H,22,23);1H. The van der Waals surface area contributed by atoms with E-state index >= 15 is 0 Å². The third kappa shape index (κ3) is 8.25. The topological polar surface area (TPSA) is 40.1 Å². The zero-order chi connectivity index (χ0) is 18.8. The lowest BCUT2D eigenvalue weighted by molar-refractivity contribution is 0.185. The van der Waals surface area contributed by atoms with Crippen LogP contribution in [0.3, 0.4) is 0 Å². The van der Waals surface area contributed by atoms with Gasteiger partial charge in [0.25, 0.3) is 0 Å². The molecule has 154 valence electrons. The summed E-state index contributed by atoms with van der Waals surface area (Å²) in [6, 6.07) is 8.32. The average Bonchev–Trinajstić information content (AvgIpc) is 2.65. The molecule has 1 aromatic carbocycles. The Balaban J connectivity index is 0.00000364. The lowest BCUT2D eigenvalue weighted by Crippen LogP contribution is -2.43. The number of guanidine groups is 1. The molecule has 1 N–H and O–H groups in total. The highest BCUT2D eigenvalue weighted by Crippen LogP contribution is 2.17. The van der Waals surface area contributed by atoms with Crippen molar-refractivity contribution in [1.82, 2.24) is 15.1 Å². The number of hydrogen-bond acceptors (Lipinski definition) is 3. The Morgan fingerprint density at radius 3 is 2.44 bits per heavy atom. The quantitative estimate of drug-likeness (QED) is 0.343. The van der Waals surface area contributed by atoms with Crippen molar-refractivity contribution >= 4 is 29.9 Å². The number of nitrogens with zero attached hydrogens (tertiary/aromatic N) is 3. The molecule has 0 bridgehead atoms. The fourth-order valence-electron chi connectivity index (χ4n) is 3.56. The summed E-state index contributed by atoms with van der Waals surface area (Å²) in [4.78, 5) is 9.23. The molecule has 0 aromatic heterocycles. The summed E-state index contributed by atoms with van der Waals surface area (Å²) in [5, 5.41) is 3.57. The van der Waals surface area contributed by atoms with Gasteiger partial charge in [0.15, 0.2) is 5.96 Å². The van der Waals surface area contributed by atoms with E-state index in [0.29, 0.717) is 6.61 Å². The van der Waals surface area contributed by atoms with Crippen LogP contribution in [0.1, 0.15) is 38.7 Å². The fraction of sp³-hybridized carbons (Fsp3) is 0.667. The summed E-state index contributed by atoms with van der Waals surface area (Å²) in [6.45, 7) is 10.5. The zero-order valence-corrected chi connectivity index (χ0v) is 19.7. The van der Waals surface area contributed by atoms with Gasteiger partial charge in [-0.2, -0.15) is 0 Å². The van der Waals surface area contributed by atoms with Crippen LogP contribution in [0, 0.1) is 5.92 Å². The first-order valence-corrected chi connectivity index (χ1v) is 10.0. The van der Waals surface area contributed by atoms with E-state index in [1.807, 2.05) is 26.1 Å². The number of hydrogen-bond donors (Lipinski definition) is 1. The molecule has 1 aliphatic heterocycles. The molecule has 5 nitrogen and oxygen atoms in total. The number of piperidine rings is 1. The van der Waals surface area contributed by atoms with Gasteiger partial charge in [0.2, 0.25) is 0 Å². The van der Waals surface area contributed by atoms with Crippen LogP contribution in [-0.2, 0) is 6.54 Å². The number of ether oxygens (including phenoxy) is 1. The largest absolute Gasteiger partial charge is 0.494 e. The van der Waals surface area contributed by atoms with Crippen LogP contribution in [0.25, 0.3) is 0 Å². The molecule has 0 aliphatic carbocycles. The molecule has 0 amide bonds. The van der Waals surface area contributed by atoms with Gasteiger partial charge < -0.3 is 19.9 Å². The number of halogens is 1. The van der Waals surface area contributed by atoms with E-state index in [0.717, 1.165) is 30.7 Å². The third-order valence-corrected chi connectivity index (χ3v) is 5.02. The number of nitrogens with one attached hydrogen (secondary N) is 1. The van der Waals surface area contributed by atoms with Gasteiger partial charge in [-0.05, 0) is 69.4 Å². The van der Waals surface area contributed by atoms with E-state index < -0.39 is 0 Å². The second kappa shape index (κ2) is 13.2. The van der Waals surface area contributed by atoms with Gasteiger partial charge in [0.1, 0.15) is 5.75 Å². The van der Waals surface area contributed by atoms with E-state index in [9.17, 15) is 0 Å². The summed E-state index contributed by atoms with van der Waals surface area (Å²) in [5.41, 5.74) is 1.26.